The molecule has 0 N–H and O–H groups in total. The van der Waals surface area contributed by atoms with Crippen molar-refractivity contribution in [1.29, 1.82) is 0 Å². The van der Waals surface area contributed by atoms with Gasteiger partial charge in [0, 0.05) is 32.9 Å². The topological polar surface area (TPSA) is 19.1 Å². The molecule has 8 aromatic rings. The Kier molecular flexibility index (Phi) is 4.80. The maximum Gasteiger partial charge on any atom is 0.0727 e. The molecular formula is C38H26N2O. The summed E-state index contributed by atoms with van der Waals surface area (Å²) in [6.45, 7) is 1.20. The minimum Gasteiger partial charge on any atom is -0.372 e. The van der Waals surface area contributed by atoms with Gasteiger partial charge in [0.15, 0.2) is 0 Å². The molecule has 194 valence electrons. The Morgan fingerprint density at radius 2 is 0.732 bits per heavy atom. The molecule has 0 saturated heterocycles. The molecule has 0 fully saturated rings. The normalized spacial score (nSPS) is 13.1. The van der Waals surface area contributed by atoms with Gasteiger partial charge in [-0.25, -0.2) is 0 Å². The van der Waals surface area contributed by atoms with Crippen molar-refractivity contribution in [3.8, 4) is 22.5 Å². The lowest BCUT2D eigenvalue weighted by molar-refractivity contribution is 0.110. The van der Waals surface area contributed by atoms with Gasteiger partial charge in [0.05, 0.1) is 35.3 Å². The van der Waals surface area contributed by atoms with Crippen molar-refractivity contribution < 1.29 is 4.74 Å². The highest BCUT2D eigenvalue weighted by molar-refractivity contribution is 6.10. The van der Waals surface area contributed by atoms with E-state index in [1.54, 1.807) is 0 Å². The zero-order valence-electron chi connectivity index (χ0n) is 22.4. The maximum atomic E-state index is 6.18. The minimum atomic E-state index is 0.599. The molecule has 9 rings (SSSR count). The van der Waals surface area contributed by atoms with E-state index in [2.05, 4.69) is 143 Å². The number of hydrogen-bond donors (Lipinski definition) is 0. The molecule has 6 aromatic carbocycles. The van der Waals surface area contributed by atoms with Crippen LogP contribution in [-0.2, 0) is 18.0 Å². The Hall–Kier alpha value is -5.12. The second-order valence-electron chi connectivity index (χ2n) is 10.9. The molecule has 2 aromatic heterocycles. The molecule has 0 radical (unpaired) electrons. The number of ether oxygens (including phenoxy) is 1. The van der Waals surface area contributed by atoms with Gasteiger partial charge in [-0.2, -0.15) is 0 Å². The molecular weight excluding hydrogens is 500 g/mol. The third kappa shape index (κ3) is 3.30. The number of rotatable bonds is 2. The van der Waals surface area contributed by atoms with Gasteiger partial charge < -0.3 is 13.9 Å². The van der Waals surface area contributed by atoms with Gasteiger partial charge in [0.25, 0.3) is 0 Å². The van der Waals surface area contributed by atoms with Crippen molar-refractivity contribution in [2.45, 2.75) is 13.2 Å². The number of benzene rings is 6. The van der Waals surface area contributed by atoms with E-state index in [9.17, 15) is 0 Å². The van der Waals surface area contributed by atoms with Crippen molar-refractivity contribution in [3.63, 3.8) is 0 Å². The van der Waals surface area contributed by atoms with E-state index < -0.39 is 0 Å². The minimum absolute atomic E-state index is 0.599. The standard InChI is InChI=1S/C38H26N2O/c1-5-13-35-29(9-1)30-10-2-6-14-36(30)39(35)27-19-17-25-23-41-24-26-18-20-28(22-34(26)33(25)21-27)40-37-15-7-3-11-31(37)32-12-4-8-16-38(32)40/h1-22H,23-24H2. The summed E-state index contributed by atoms with van der Waals surface area (Å²) in [5.74, 6) is 0. The largest absolute Gasteiger partial charge is 0.372 e. The first kappa shape index (κ1) is 22.7. The molecule has 0 unspecified atom stereocenters. The predicted octanol–water partition coefficient (Wildman–Crippen LogP) is 9.58. The lowest BCUT2D eigenvalue weighted by Crippen LogP contribution is -1.99. The van der Waals surface area contributed by atoms with Crippen LogP contribution in [0.1, 0.15) is 11.1 Å². The summed E-state index contributed by atoms with van der Waals surface area (Å²) in [7, 11) is 0. The third-order valence-electron chi connectivity index (χ3n) is 8.67. The second kappa shape index (κ2) is 8.69. The summed E-state index contributed by atoms with van der Waals surface area (Å²) >= 11 is 0. The van der Waals surface area contributed by atoms with Crippen LogP contribution in [-0.4, -0.2) is 9.13 Å². The number of hydrogen-bond acceptors (Lipinski definition) is 1. The van der Waals surface area contributed by atoms with Crippen molar-refractivity contribution in [2.75, 3.05) is 0 Å². The number of nitrogens with zero attached hydrogens (tertiary/aromatic N) is 2. The van der Waals surface area contributed by atoms with E-state index in [0.717, 1.165) is 11.4 Å². The summed E-state index contributed by atoms with van der Waals surface area (Å²) < 4.78 is 11.0. The lowest BCUT2D eigenvalue weighted by atomic mass is 9.95. The van der Waals surface area contributed by atoms with Gasteiger partial charge in [-0.05, 0) is 70.8 Å². The van der Waals surface area contributed by atoms with E-state index in [1.165, 1.54) is 65.9 Å². The van der Waals surface area contributed by atoms with Crippen molar-refractivity contribution in [1.82, 2.24) is 9.13 Å². The second-order valence-corrected chi connectivity index (χ2v) is 10.9. The van der Waals surface area contributed by atoms with E-state index in [-0.39, 0.29) is 0 Å². The number of fused-ring (bicyclic) bond motifs is 9. The monoisotopic (exact) mass is 526 g/mol. The fourth-order valence-electron chi connectivity index (χ4n) is 6.83. The van der Waals surface area contributed by atoms with Gasteiger partial charge in [0.2, 0.25) is 0 Å². The van der Waals surface area contributed by atoms with Crippen LogP contribution in [0.2, 0.25) is 0 Å². The quantitative estimate of drug-likeness (QED) is 0.219. The van der Waals surface area contributed by atoms with E-state index >= 15 is 0 Å². The molecule has 41 heavy (non-hydrogen) atoms. The average molecular weight is 527 g/mol. The Bertz CT molecular complexity index is 2030. The van der Waals surface area contributed by atoms with Gasteiger partial charge in [-0.15, -0.1) is 0 Å². The van der Waals surface area contributed by atoms with E-state index in [0.29, 0.717) is 13.2 Å². The van der Waals surface area contributed by atoms with Crippen LogP contribution >= 0.6 is 0 Å². The molecule has 0 saturated carbocycles. The molecule has 0 amide bonds. The van der Waals surface area contributed by atoms with Gasteiger partial charge in [-0.1, -0.05) is 84.9 Å². The van der Waals surface area contributed by atoms with Crippen LogP contribution in [0, 0.1) is 0 Å². The number of aromatic nitrogens is 2. The highest BCUT2D eigenvalue weighted by Gasteiger charge is 2.20. The first-order valence-corrected chi connectivity index (χ1v) is 14.2. The highest BCUT2D eigenvalue weighted by Crippen LogP contribution is 2.39. The van der Waals surface area contributed by atoms with Gasteiger partial charge >= 0.3 is 0 Å². The van der Waals surface area contributed by atoms with Crippen LogP contribution in [0.5, 0.6) is 0 Å². The van der Waals surface area contributed by atoms with Crippen LogP contribution in [0.4, 0.5) is 0 Å². The lowest BCUT2D eigenvalue weighted by Gasteiger charge is -2.16. The molecule has 0 bridgehead atoms. The van der Waals surface area contributed by atoms with Gasteiger partial charge in [0.1, 0.15) is 0 Å². The van der Waals surface area contributed by atoms with Gasteiger partial charge in [-0.3, -0.25) is 0 Å². The molecule has 3 nitrogen and oxygen atoms in total. The molecule has 1 aliphatic rings. The summed E-state index contributed by atoms with van der Waals surface area (Å²) in [6.07, 6.45) is 0. The predicted molar refractivity (Wildman–Crippen MR) is 169 cm³/mol. The third-order valence-corrected chi connectivity index (χ3v) is 8.67. The SMILES string of the molecule is c1ccc2c(c1)c1ccccc1n2-c1ccc2c(c1)-c1cc(-n3c4ccccc4c4ccccc43)ccc1COC2. The zero-order valence-corrected chi connectivity index (χ0v) is 22.4. The Morgan fingerprint density at radius 1 is 0.390 bits per heavy atom. The average Bonchev–Trinajstić information content (AvgIpc) is 3.48. The first-order valence-electron chi connectivity index (χ1n) is 14.2. The zero-order chi connectivity index (χ0) is 26.9. The van der Waals surface area contributed by atoms with E-state index in [1.807, 2.05) is 0 Å². The molecule has 0 atom stereocenters. The van der Waals surface area contributed by atoms with Crippen LogP contribution in [0.3, 0.4) is 0 Å². The molecule has 1 aliphatic heterocycles. The molecule has 3 heterocycles. The van der Waals surface area contributed by atoms with E-state index in [4.69, 9.17) is 4.74 Å². The Labute approximate surface area is 237 Å². The molecule has 0 aliphatic carbocycles. The first-order chi connectivity index (χ1) is 20.3. The fourth-order valence-corrected chi connectivity index (χ4v) is 6.83. The van der Waals surface area contributed by atoms with Crippen molar-refractivity contribution in [3.05, 3.63) is 145 Å². The van der Waals surface area contributed by atoms with Crippen molar-refractivity contribution >= 4 is 43.6 Å². The summed E-state index contributed by atoms with van der Waals surface area (Å²) in [4.78, 5) is 0. The van der Waals surface area contributed by atoms with Crippen molar-refractivity contribution in [2.24, 2.45) is 0 Å². The maximum absolute atomic E-state index is 6.18. The molecule has 0 spiro atoms. The Morgan fingerprint density at radius 3 is 1.10 bits per heavy atom. The fraction of sp³-hybridized carbons (Fsp3) is 0.0526. The number of para-hydroxylation sites is 4. The highest BCUT2D eigenvalue weighted by atomic mass is 16.5. The summed E-state index contributed by atoms with van der Waals surface area (Å²) in [5, 5.41) is 5.09. The van der Waals surface area contributed by atoms with Crippen LogP contribution in [0.15, 0.2) is 133 Å². The molecule has 3 heteroatoms. The summed E-state index contributed by atoms with van der Waals surface area (Å²) in [6, 6.07) is 48.5. The smallest absolute Gasteiger partial charge is 0.0727 e. The van der Waals surface area contributed by atoms with Crippen LogP contribution in [0.25, 0.3) is 66.1 Å². The summed E-state index contributed by atoms with van der Waals surface area (Å²) in [5.41, 5.74) is 12.1. The Balaban J connectivity index is 1.30. The van der Waals surface area contributed by atoms with Crippen LogP contribution < -0.4 is 0 Å².